The first-order valence-electron chi connectivity index (χ1n) is 8.50. The van der Waals surface area contributed by atoms with Gasteiger partial charge >= 0.3 is 5.97 Å². The van der Waals surface area contributed by atoms with Crippen LogP contribution in [-0.4, -0.2) is 38.4 Å². The third-order valence-electron chi connectivity index (χ3n) is 4.52. The van der Waals surface area contributed by atoms with E-state index in [1.165, 1.54) is 29.3 Å². The number of hydrogen-bond donors (Lipinski definition) is 1. The molecule has 0 saturated heterocycles. The molecule has 0 aliphatic heterocycles. The van der Waals surface area contributed by atoms with Gasteiger partial charge in [-0.2, -0.15) is 10.2 Å². The molecule has 0 fully saturated rings. The fourth-order valence-corrected chi connectivity index (χ4v) is 4.03. The van der Waals surface area contributed by atoms with E-state index in [0.29, 0.717) is 16.1 Å². The molecule has 0 radical (unpaired) electrons. The molecular formula is C17H17N5O4S. The van der Waals surface area contributed by atoms with E-state index in [2.05, 4.69) is 20.3 Å². The Morgan fingerprint density at radius 1 is 1.33 bits per heavy atom. The standard InChI is InChI=1S/C17H17N5O4S/c1-26-17(25)15-12(6-7-27-15)19-13(23)8-21-16(24)14-10-4-2-3-5-11(10)20-22(14)9-18-21/h6-7,9H,2-5,8H2,1H3,(H,19,23). The van der Waals surface area contributed by atoms with Crippen LogP contribution in [0.25, 0.3) is 5.52 Å². The first-order valence-corrected chi connectivity index (χ1v) is 9.38. The number of ether oxygens (including phenoxy) is 1. The van der Waals surface area contributed by atoms with Crippen molar-refractivity contribution in [1.29, 1.82) is 0 Å². The van der Waals surface area contributed by atoms with Gasteiger partial charge in [0.15, 0.2) is 0 Å². The van der Waals surface area contributed by atoms with E-state index in [1.54, 1.807) is 11.4 Å². The minimum atomic E-state index is -0.525. The number of nitrogens with one attached hydrogen (secondary N) is 1. The molecule has 3 aromatic heterocycles. The maximum Gasteiger partial charge on any atom is 0.350 e. The third kappa shape index (κ3) is 3.12. The first kappa shape index (κ1) is 17.4. The van der Waals surface area contributed by atoms with Gasteiger partial charge in [-0.25, -0.2) is 14.0 Å². The maximum absolute atomic E-state index is 12.8. The van der Waals surface area contributed by atoms with Gasteiger partial charge in [-0.15, -0.1) is 11.3 Å². The monoisotopic (exact) mass is 387 g/mol. The smallest absolute Gasteiger partial charge is 0.350 e. The summed E-state index contributed by atoms with van der Waals surface area (Å²) in [5.74, 6) is -0.978. The van der Waals surface area contributed by atoms with E-state index in [4.69, 9.17) is 0 Å². The lowest BCUT2D eigenvalue weighted by Crippen LogP contribution is -2.31. The van der Waals surface area contributed by atoms with Gasteiger partial charge in [0, 0.05) is 5.56 Å². The van der Waals surface area contributed by atoms with E-state index in [-0.39, 0.29) is 12.1 Å². The number of anilines is 1. The molecule has 0 spiro atoms. The molecule has 9 nitrogen and oxygen atoms in total. The SMILES string of the molecule is COC(=O)c1sccc1NC(=O)Cn1ncn2nc3c(c2c1=O)CCCC3. The molecule has 140 valence electrons. The van der Waals surface area contributed by atoms with Crippen LogP contribution >= 0.6 is 11.3 Å². The molecule has 1 aliphatic rings. The number of aromatic nitrogens is 4. The molecular weight excluding hydrogens is 370 g/mol. The quantitative estimate of drug-likeness (QED) is 0.675. The van der Waals surface area contributed by atoms with Gasteiger partial charge in [0.05, 0.1) is 18.5 Å². The number of carbonyl (C=O) groups is 2. The van der Waals surface area contributed by atoms with Gasteiger partial charge in [0.2, 0.25) is 5.91 Å². The first-order chi connectivity index (χ1) is 13.1. The summed E-state index contributed by atoms with van der Waals surface area (Å²) in [5, 5.41) is 12.8. The summed E-state index contributed by atoms with van der Waals surface area (Å²) in [6, 6.07) is 1.61. The fraction of sp³-hybridized carbons (Fsp3) is 0.353. The normalized spacial score (nSPS) is 13.4. The molecule has 27 heavy (non-hydrogen) atoms. The Morgan fingerprint density at radius 2 is 2.15 bits per heavy atom. The van der Waals surface area contributed by atoms with Gasteiger partial charge in [-0.05, 0) is 37.1 Å². The van der Waals surface area contributed by atoms with E-state index in [1.807, 2.05) is 0 Å². The largest absolute Gasteiger partial charge is 0.465 e. The summed E-state index contributed by atoms with van der Waals surface area (Å²) < 4.78 is 7.31. The lowest BCUT2D eigenvalue weighted by atomic mass is 9.97. The molecule has 1 N–H and O–H groups in total. The Kier molecular flexibility index (Phi) is 4.48. The number of aryl methyl sites for hydroxylation is 2. The van der Waals surface area contributed by atoms with Crippen molar-refractivity contribution in [2.75, 3.05) is 12.4 Å². The summed E-state index contributed by atoms with van der Waals surface area (Å²) in [6.07, 6.45) is 5.19. The molecule has 0 atom stereocenters. The highest BCUT2D eigenvalue weighted by molar-refractivity contribution is 7.12. The van der Waals surface area contributed by atoms with Crippen molar-refractivity contribution in [2.45, 2.75) is 32.2 Å². The molecule has 1 amide bonds. The number of hydrogen-bond acceptors (Lipinski definition) is 7. The van der Waals surface area contributed by atoms with Crippen molar-refractivity contribution in [3.8, 4) is 0 Å². The summed E-state index contributed by atoms with van der Waals surface area (Å²) in [6.45, 7) is -0.258. The Labute approximate surface area is 157 Å². The Hall–Kier alpha value is -3.01. The summed E-state index contributed by atoms with van der Waals surface area (Å²) in [7, 11) is 1.28. The maximum atomic E-state index is 12.8. The predicted octanol–water partition coefficient (Wildman–Crippen LogP) is 1.26. The molecule has 10 heteroatoms. The predicted molar refractivity (Wildman–Crippen MR) is 98.2 cm³/mol. The Bertz CT molecular complexity index is 1100. The highest BCUT2D eigenvalue weighted by Crippen LogP contribution is 2.24. The van der Waals surface area contributed by atoms with Crippen molar-refractivity contribution < 1.29 is 14.3 Å². The molecule has 0 aromatic carbocycles. The molecule has 4 rings (SSSR count). The Balaban J connectivity index is 1.59. The van der Waals surface area contributed by atoms with E-state index >= 15 is 0 Å². The van der Waals surface area contributed by atoms with Crippen molar-refractivity contribution in [2.24, 2.45) is 0 Å². The highest BCUT2D eigenvalue weighted by atomic mass is 32.1. The topological polar surface area (TPSA) is 108 Å². The van der Waals surface area contributed by atoms with Crippen molar-refractivity contribution >= 4 is 34.4 Å². The number of amides is 1. The average Bonchev–Trinajstić information content (AvgIpc) is 3.27. The van der Waals surface area contributed by atoms with Crippen LogP contribution in [0, 0.1) is 0 Å². The van der Waals surface area contributed by atoms with Crippen LogP contribution in [-0.2, 0) is 28.9 Å². The second kappa shape index (κ2) is 6.95. The van der Waals surface area contributed by atoms with Crippen molar-refractivity contribution in [3.63, 3.8) is 0 Å². The zero-order valence-electron chi connectivity index (χ0n) is 14.6. The van der Waals surface area contributed by atoms with Gasteiger partial charge in [0.25, 0.3) is 5.56 Å². The van der Waals surface area contributed by atoms with Crippen molar-refractivity contribution in [3.05, 3.63) is 44.3 Å². The third-order valence-corrected chi connectivity index (χ3v) is 5.42. The minimum Gasteiger partial charge on any atom is -0.465 e. The fourth-order valence-electron chi connectivity index (χ4n) is 3.27. The van der Waals surface area contributed by atoms with Crippen molar-refractivity contribution in [1.82, 2.24) is 19.4 Å². The lowest BCUT2D eigenvalue weighted by molar-refractivity contribution is -0.117. The number of carbonyl (C=O) groups excluding carboxylic acids is 2. The van der Waals surface area contributed by atoms with Crippen LogP contribution in [0.5, 0.6) is 0 Å². The number of fused-ring (bicyclic) bond motifs is 3. The second-order valence-corrected chi connectivity index (χ2v) is 7.14. The van der Waals surface area contributed by atoms with Crippen LogP contribution in [0.15, 0.2) is 22.6 Å². The van der Waals surface area contributed by atoms with Crippen LogP contribution in [0.4, 0.5) is 5.69 Å². The van der Waals surface area contributed by atoms with Crippen LogP contribution < -0.4 is 10.9 Å². The zero-order valence-corrected chi connectivity index (χ0v) is 15.4. The van der Waals surface area contributed by atoms with Crippen LogP contribution in [0.3, 0.4) is 0 Å². The van der Waals surface area contributed by atoms with Crippen LogP contribution in [0.2, 0.25) is 0 Å². The number of nitrogens with zero attached hydrogens (tertiary/aromatic N) is 4. The minimum absolute atomic E-state index is 0.258. The highest BCUT2D eigenvalue weighted by Gasteiger charge is 2.21. The van der Waals surface area contributed by atoms with E-state index in [0.717, 1.165) is 41.6 Å². The molecule has 0 saturated carbocycles. The van der Waals surface area contributed by atoms with Gasteiger partial charge in [0.1, 0.15) is 23.3 Å². The number of thiophene rings is 1. The number of esters is 1. The molecule has 3 aromatic rings. The Morgan fingerprint density at radius 3 is 2.96 bits per heavy atom. The second-order valence-electron chi connectivity index (χ2n) is 6.22. The number of methoxy groups -OCH3 is 1. The van der Waals surface area contributed by atoms with Crippen LogP contribution in [0.1, 0.15) is 33.8 Å². The molecule has 3 heterocycles. The van der Waals surface area contributed by atoms with E-state index in [9.17, 15) is 14.4 Å². The molecule has 1 aliphatic carbocycles. The summed E-state index contributed by atoms with van der Waals surface area (Å²) >= 11 is 1.17. The van der Waals surface area contributed by atoms with Gasteiger partial charge < -0.3 is 10.1 Å². The summed E-state index contributed by atoms with van der Waals surface area (Å²) in [4.78, 5) is 37.2. The van der Waals surface area contributed by atoms with Gasteiger partial charge in [-0.1, -0.05) is 0 Å². The molecule has 0 bridgehead atoms. The summed E-state index contributed by atoms with van der Waals surface area (Å²) in [5.41, 5.74) is 2.38. The van der Waals surface area contributed by atoms with Gasteiger partial charge in [-0.3, -0.25) is 9.59 Å². The molecule has 0 unspecified atom stereocenters. The average molecular weight is 387 g/mol. The zero-order chi connectivity index (χ0) is 19.0. The van der Waals surface area contributed by atoms with E-state index < -0.39 is 11.9 Å². The lowest BCUT2D eigenvalue weighted by Gasteiger charge is -2.09. The number of rotatable bonds is 4.